The van der Waals surface area contributed by atoms with E-state index in [0.717, 1.165) is 18.1 Å². The molecular weight excluding hydrogens is 1490 g/mol. The van der Waals surface area contributed by atoms with Crippen molar-refractivity contribution < 1.29 is 87.9 Å². The molecule has 0 spiro atoms. The summed E-state index contributed by atoms with van der Waals surface area (Å²) in [6.45, 7) is 10.1. The molecule has 112 heavy (non-hydrogen) atoms. The van der Waals surface area contributed by atoms with Crippen molar-refractivity contribution in [2.24, 2.45) is 16.9 Å². The average Bonchev–Trinajstić information content (AvgIpc) is 1.71. The van der Waals surface area contributed by atoms with Gasteiger partial charge in [0.1, 0.15) is 83.6 Å². The topological polar surface area (TPSA) is 572 Å². The van der Waals surface area contributed by atoms with Crippen molar-refractivity contribution in [3.63, 3.8) is 0 Å². The largest absolute Gasteiger partial charge is 0.508 e. The number of pyridine rings is 1. The summed E-state index contributed by atoms with van der Waals surface area (Å²) >= 11 is 2.65. The maximum atomic E-state index is 15.0. The number of phenols is 2. The number of aromatic hydroxyl groups is 2. The zero-order valence-corrected chi connectivity index (χ0v) is 64.9. The fraction of sp³-hybridized carbons (Fsp3) is 0.480. The predicted molar refractivity (Wildman–Crippen MR) is 417 cm³/mol. The summed E-state index contributed by atoms with van der Waals surface area (Å²) < 4.78 is 0. The number of rotatable bonds is 18. The Kier molecular flexibility index (Phi) is 34.9. The Morgan fingerprint density at radius 3 is 1.50 bits per heavy atom. The van der Waals surface area contributed by atoms with Crippen molar-refractivity contribution in [1.29, 1.82) is 5.41 Å². The number of carboxylic acids is 1. The third-order valence-electron chi connectivity index (χ3n) is 17.9. The van der Waals surface area contributed by atoms with Gasteiger partial charge in [0.15, 0.2) is 5.96 Å². The van der Waals surface area contributed by atoms with Crippen LogP contribution in [0, 0.1) is 10.8 Å². The predicted octanol–water partition coefficient (Wildman–Crippen LogP) is -0.854. The van der Waals surface area contributed by atoms with E-state index in [0.29, 0.717) is 39.2 Å². The quantitative estimate of drug-likeness (QED) is 0.0375. The van der Waals surface area contributed by atoms with E-state index >= 15 is 0 Å². The second-order valence-corrected chi connectivity index (χ2v) is 30.4. The van der Waals surface area contributed by atoms with Crippen LogP contribution in [0.5, 0.6) is 11.5 Å². The van der Waals surface area contributed by atoms with Gasteiger partial charge in [-0.2, -0.15) is 23.5 Å². The van der Waals surface area contributed by atoms with Crippen LogP contribution >= 0.6 is 23.5 Å². The molecule has 3 aromatic carbocycles. The highest BCUT2D eigenvalue weighted by molar-refractivity contribution is 7.98. The molecule has 0 saturated heterocycles. The summed E-state index contributed by atoms with van der Waals surface area (Å²) in [5, 5.41) is 91.7. The molecule has 12 amide bonds. The van der Waals surface area contributed by atoms with E-state index in [-0.39, 0.29) is 74.4 Å². The second-order valence-electron chi connectivity index (χ2n) is 28.3. The van der Waals surface area contributed by atoms with Crippen molar-refractivity contribution in [3.05, 3.63) is 125 Å². The van der Waals surface area contributed by atoms with Crippen LogP contribution in [0.4, 0.5) is 0 Å². The summed E-state index contributed by atoms with van der Waals surface area (Å²) in [5.74, 6) is -13.3. The van der Waals surface area contributed by atoms with E-state index in [4.69, 9.17) is 16.9 Å². The number of aliphatic hydroxyl groups excluding tert-OH is 2. The summed E-state index contributed by atoms with van der Waals surface area (Å²) in [6, 6.07) is 4.00. The Morgan fingerprint density at radius 1 is 0.562 bits per heavy atom. The summed E-state index contributed by atoms with van der Waals surface area (Å²) in [4.78, 5) is 192. The highest BCUT2D eigenvalue weighted by atomic mass is 32.2. The van der Waals surface area contributed by atoms with E-state index < -0.39 is 186 Å². The number of thioether (sulfide) groups is 2. The number of benzene rings is 3. The summed E-state index contributed by atoms with van der Waals surface area (Å²) in [6.07, 6.45) is -2.61. The Balaban J connectivity index is 1.39. The first-order valence-corrected chi connectivity index (χ1v) is 38.8. The van der Waals surface area contributed by atoms with Gasteiger partial charge in [0.05, 0.1) is 12.2 Å². The Morgan fingerprint density at radius 2 is 1.01 bits per heavy atom. The molecule has 0 saturated carbocycles. The molecular formula is C75H103N17O18S2. The van der Waals surface area contributed by atoms with Gasteiger partial charge >= 0.3 is 5.97 Å². The Bertz CT molecular complexity index is 4120. The van der Waals surface area contributed by atoms with Crippen LogP contribution in [0.15, 0.2) is 97.3 Å². The molecule has 2 aromatic heterocycles. The Labute approximate surface area is 655 Å². The number of carboxylic acid groups (broad SMARTS) is 1. The fourth-order valence-corrected chi connectivity index (χ4v) is 13.8. The average molecular weight is 1590 g/mol. The van der Waals surface area contributed by atoms with E-state index in [1.165, 1.54) is 91.4 Å². The molecule has 2 bridgehead atoms. The van der Waals surface area contributed by atoms with Gasteiger partial charge in [0.25, 0.3) is 0 Å². The molecule has 6 rings (SSSR count). The van der Waals surface area contributed by atoms with Gasteiger partial charge < -0.3 is 106 Å². The van der Waals surface area contributed by atoms with Gasteiger partial charge in [-0.3, -0.25) is 67.7 Å². The lowest BCUT2D eigenvalue weighted by molar-refractivity contribution is -0.139. The molecule has 23 N–H and O–H groups in total. The van der Waals surface area contributed by atoms with Crippen LogP contribution < -0.4 is 75.3 Å². The van der Waals surface area contributed by atoms with Gasteiger partial charge in [-0.15, -0.1) is 0 Å². The van der Waals surface area contributed by atoms with Crippen LogP contribution in [-0.2, 0) is 93.1 Å². The van der Waals surface area contributed by atoms with Crippen molar-refractivity contribution in [2.75, 3.05) is 18.1 Å². The molecule has 1 aliphatic heterocycles. The lowest BCUT2D eigenvalue weighted by Crippen LogP contribution is -2.64. The number of primary amides is 1. The number of aromatic nitrogens is 2. The molecule has 37 heteroatoms. The van der Waals surface area contributed by atoms with Gasteiger partial charge in [0.2, 0.25) is 70.9 Å². The third kappa shape index (κ3) is 28.7. The van der Waals surface area contributed by atoms with Gasteiger partial charge in [-0.25, -0.2) is 4.98 Å². The number of aliphatic hydroxyl groups is 2. The monoisotopic (exact) mass is 1590 g/mol. The lowest BCUT2D eigenvalue weighted by atomic mass is 9.85. The first kappa shape index (κ1) is 89.8. The van der Waals surface area contributed by atoms with Gasteiger partial charge in [-0.1, -0.05) is 96.0 Å². The number of carbonyl (C=O) groups is 13. The van der Waals surface area contributed by atoms with E-state index in [1.54, 1.807) is 46.8 Å². The molecule has 5 aromatic rings. The highest BCUT2D eigenvalue weighted by Crippen LogP contribution is 2.24. The number of carbonyl (C=O) groups excluding carboxylic acids is 12. The van der Waals surface area contributed by atoms with E-state index in [1.807, 2.05) is 24.3 Å². The molecule has 0 aliphatic carbocycles. The number of nitrogens with zero attached hydrogens (tertiary/aromatic N) is 1. The van der Waals surface area contributed by atoms with Crippen LogP contribution in [0.3, 0.4) is 0 Å². The lowest BCUT2D eigenvalue weighted by Gasteiger charge is -2.32. The number of nitrogens with two attached hydrogens (primary N) is 2. The van der Waals surface area contributed by atoms with Crippen molar-refractivity contribution in [3.8, 4) is 11.5 Å². The van der Waals surface area contributed by atoms with Crippen LogP contribution in [0.2, 0.25) is 0 Å². The normalized spacial score (nSPS) is 23.5. The molecule has 0 unspecified atom stereocenters. The number of guanidine groups is 1. The number of aliphatic carboxylic acids is 1. The molecule has 608 valence electrons. The minimum atomic E-state index is -1.96. The SMILES string of the molecule is CCC[C@@H]1NC(=O)[C@H](Cc2c[nH]c3ncccc23)NC(=O)[C@H]([C@@H](C)O)NC(=O)[C@H](CNC(=N)N)NC(=O)[C@H](Cc2ccc(O)cc2)NC(=O)[C@H](C(C)(C)C)NC(=O)CCSCc2cccc(c2)CSC[C@@H](C(N)=O)NC(=O)[C@H]([C@@H](C)O)NC(=O)[C@H](CCC)NC(=O)[C@H](Cc2ccc(O)cc2)NC(=O)[C@H](CCC(=O)O)NC1=O. The zero-order valence-electron chi connectivity index (χ0n) is 63.3. The standard InChI is InChI=1S/C75H103N17O18S2/c1-8-12-49-64(101)84-51(25-26-58(98)99)65(102)85-52(31-41-17-21-46(95)22-18-41)67(104)83-50(13-9-2)66(103)91-60(40(4)94)72(109)89-56(62(76)100)38-112-37-44-15-10-14-43(30-44)36-111-29-27-57(97)90-61(75(5,6)7)73(110)87-53(32-42-19-23-47(96)24-20-42)68(105)88-55(35-81-74(77)78)70(107)92-59(39(3)93)71(108)86-54(69(106)82-49)33-45-34-80-63-48(45)16-11-28-79-63/h10-11,14-24,28,30,34,39-40,49-56,59-61,93-96H,8-9,12-13,25-27,29,31-33,35-38H2,1-7H3,(H2,76,100)(H,79,80)(H,82,106)(H,83,104)(H,84,101)(H,85,102)(H,86,108)(H,87,110)(H,88,105)(H,89,109)(H,90,97)(H,91,103)(H,92,107)(H,98,99)(H4,77,78,81)/t39-,40-,49+,50+,51+,52+,53+,54+,55+,56+,59+,60+,61-/m1/s1. The molecule has 0 radical (unpaired) electrons. The number of H-pyrrole nitrogens is 1. The van der Waals surface area contributed by atoms with Gasteiger partial charge in [-0.05, 0) is 103 Å². The fourth-order valence-electron chi connectivity index (χ4n) is 11.9. The molecule has 35 nitrogen and oxygen atoms in total. The number of hydrogen-bond donors (Lipinski definition) is 21. The van der Waals surface area contributed by atoms with Gasteiger partial charge in [0, 0.05) is 79.4 Å². The molecule has 0 fully saturated rings. The minimum Gasteiger partial charge on any atom is -0.508 e. The summed E-state index contributed by atoms with van der Waals surface area (Å²) in [7, 11) is 0. The second kappa shape index (κ2) is 43.5. The number of phenolic OH excluding ortho intramolecular Hbond substituents is 2. The van der Waals surface area contributed by atoms with Crippen molar-refractivity contribution >= 4 is 117 Å². The number of amides is 12. The van der Waals surface area contributed by atoms with Crippen LogP contribution in [0.25, 0.3) is 11.0 Å². The number of fused-ring (bicyclic) bond motifs is 3. The smallest absolute Gasteiger partial charge is 0.303 e. The first-order chi connectivity index (χ1) is 53.0. The van der Waals surface area contributed by atoms with Crippen LogP contribution in [-0.4, -0.2) is 215 Å². The number of nitrogens with one attached hydrogen (secondary N) is 14. The van der Waals surface area contributed by atoms with E-state index in [2.05, 4.69) is 73.8 Å². The third-order valence-corrected chi connectivity index (χ3v) is 20.1. The van der Waals surface area contributed by atoms with Crippen LogP contribution in [0.1, 0.15) is 121 Å². The maximum absolute atomic E-state index is 15.0. The summed E-state index contributed by atoms with van der Waals surface area (Å²) in [5.41, 5.74) is 13.7. The number of aromatic amines is 1. The first-order valence-electron chi connectivity index (χ1n) is 36.5. The van der Waals surface area contributed by atoms with Crippen molar-refractivity contribution in [1.82, 2.24) is 73.8 Å². The highest BCUT2D eigenvalue weighted by Gasteiger charge is 2.40. The maximum Gasteiger partial charge on any atom is 0.303 e. The van der Waals surface area contributed by atoms with E-state index in [9.17, 15) is 87.9 Å². The number of hydrogen-bond acceptors (Lipinski definition) is 21. The zero-order chi connectivity index (χ0) is 82.5. The molecule has 1 aliphatic rings. The Hall–Kier alpha value is -11.1. The minimum absolute atomic E-state index is 0.0596. The van der Waals surface area contributed by atoms with Crippen molar-refractivity contribution in [2.45, 2.75) is 203 Å². The molecule has 13 atom stereocenters. The molecule has 3 heterocycles.